The Morgan fingerprint density at radius 2 is 2.03 bits per heavy atom. The van der Waals surface area contributed by atoms with E-state index >= 15 is 0 Å². The molecule has 1 atom stereocenters. The fourth-order valence-electron chi connectivity index (χ4n) is 3.69. The van der Waals surface area contributed by atoms with Crippen LogP contribution in [-0.2, 0) is 0 Å². The summed E-state index contributed by atoms with van der Waals surface area (Å²) in [7, 11) is 0. The van der Waals surface area contributed by atoms with E-state index in [-0.39, 0.29) is 17.6 Å². The van der Waals surface area contributed by atoms with Gasteiger partial charge < -0.3 is 14.9 Å². The van der Waals surface area contributed by atoms with Crippen LogP contribution in [0.3, 0.4) is 0 Å². The van der Waals surface area contributed by atoms with E-state index in [2.05, 4.69) is 16.6 Å². The highest BCUT2D eigenvalue weighted by atomic mass is 32.1. The molecule has 2 N–H and O–H groups in total. The molecule has 0 saturated carbocycles. The lowest BCUT2D eigenvalue weighted by Crippen LogP contribution is -2.07. The van der Waals surface area contributed by atoms with Gasteiger partial charge in [0, 0.05) is 39.4 Å². The van der Waals surface area contributed by atoms with Gasteiger partial charge in [0.2, 0.25) is 5.78 Å². The predicted molar refractivity (Wildman–Crippen MR) is 114 cm³/mol. The molecule has 0 aliphatic carbocycles. The molecule has 0 unspecified atom stereocenters. The van der Waals surface area contributed by atoms with Gasteiger partial charge in [0.1, 0.15) is 11.3 Å². The number of ketones is 1. The summed E-state index contributed by atoms with van der Waals surface area (Å²) >= 11 is 1.68. The number of hydrazone groups is 1. The van der Waals surface area contributed by atoms with E-state index < -0.39 is 0 Å². The van der Waals surface area contributed by atoms with Crippen LogP contribution in [0.1, 0.15) is 44.6 Å². The van der Waals surface area contributed by atoms with E-state index in [0.717, 1.165) is 16.7 Å². The zero-order valence-corrected chi connectivity index (χ0v) is 16.5. The molecule has 0 fully saturated rings. The molecule has 0 radical (unpaired) electrons. The third-order valence-corrected chi connectivity index (χ3v) is 6.23. The maximum atomic E-state index is 12.8. The van der Waals surface area contributed by atoms with Gasteiger partial charge in [0.15, 0.2) is 5.76 Å². The molecule has 29 heavy (non-hydrogen) atoms. The Morgan fingerprint density at radius 1 is 1.21 bits per heavy atom. The summed E-state index contributed by atoms with van der Waals surface area (Å²) in [5, 5.41) is 17.9. The molecule has 5 rings (SSSR count). The van der Waals surface area contributed by atoms with Gasteiger partial charge in [-0.25, -0.2) is 0 Å². The zero-order chi connectivity index (χ0) is 20.0. The van der Waals surface area contributed by atoms with Gasteiger partial charge in [-0.15, -0.1) is 11.3 Å². The lowest BCUT2D eigenvalue weighted by molar-refractivity contribution is 0.101. The first-order valence-corrected chi connectivity index (χ1v) is 10.2. The number of fused-ring (bicyclic) bond motifs is 1. The van der Waals surface area contributed by atoms with E-state index in [9.17, 15) is 9.90 Å². The molecular weight excluding hydrogens is 384 g/mol. The van der Waals surface area contributed by atoms with Crippen LogP contribution < -0.4 is 5.43 Å². The SMILES string of the molecule is Cc1c(C(=O)c2ccccc2)oc2cc(O)c(C3=NN[C@H](c4cccs4)C3)cc12. The number of nitrogens with zero attached hydrogens (tertiary/aromatic N) is 1. The fourth-order valence-corrected chi connectivity index (χ4v) is 4.46. The number of carbonyl (C=O) groups is 1. The molecule has 4 aromatic rings. The second-order valence-corrected chi connectivity index (χ2v) is 8.06. The van der Waals surface area contributed by atoms with E-state index in [0.29, 0.717) is 28.9 Å². The Morgan fingerprint density at radius 3 is 2.79 bits per heavy atom. The maximum Gasteiger partial charge on any atom is 0.228 e. The standard InChI is InChI=1S/C23H18N2O3S/c1-13-15-10-16(17-11-18(25-24-17)21-8-5-9-29-21)19(26)12-20(15)28-23(13)22(27)14-6-3-2-4-7-14/h2-10,12,18,25-26H,11H2,1H3/t18-/m0/s1. The Kier molecular flexibility index (Phi) is 4.21. The summed E-state index contributed by atoms with van der Waals surface area (Å²) in [6.45, 7) is 1.87. The van der Waals surface area contributed by atoms with Gasteiger partial charge in [-0.2, -0.15) is 5.10 Å². The molecule has 0 bridgehead atoms. The fraction of sp³-hybridized carbons (Fsp3) is 0.130. The smallest absolute Gasteiger partial charge is 0.228 e. The van der Waals surface area contributed by atoms with Crippen LogP contribution >= 0.6 is 11.3 Å². The molecule has 2 aromatic carbocycles. The number of carbonyl (C=O) groups excluding carboxylic acids is 1. The number of aromatic hydroxyl groups is 1. The largest absolute Gasteiger partial charge is 0.507 e. The summed E-state index contributed by atoms with van der Waals surface area (Å²) in [4.78, 5) is 14.1. The quantitative estimate of drug-likeness (QED) is 0.461. The van der Waals surface area contributed by atoms with E-state index in [1.165, 1.54) is 4.88 Å². The molecule has 0 amide bonds. The van der Waals surface area contributed by atoms with Crippen molar-refractivity contribution in [1.29, 1.82) is 0 Å². The lowest BCUT2D eigenvalue weighted by Gasteiger charge is -2.07. The van der Waals surface area contributed by atoms with Gasteiger partial charge >= 0.3 is 0 Å². The number of phenols is 1. The van der Waals surface area contributed by atoms with Crippen LogP contribution in [0.5, 0.6) is 5.75 Å². The average Bonchev–Trinajstić information content (AvgIpc) is 3.48. The van der Waals surface area contributed by atoms with Crippen molar-refractivity contribution in [2.24, 2.45) is 5.10 Å². The third-order valence-electron chi connectivity index (χ3n) is 5.25. The molecule has 3 heterocycles. The van der Waals surface area contributed by atoms with E-state index in [1.54, 1.807) is 29.5 Å². The summed E-state index contributed by atoms with van der Waals surface area (Å²) in [5.74, 6) is 0.223. The minimum absolute atomic E-state index is 0.0948. The number of aryl methyl sites for hydroxylation is 1. The van der Waals surface area contributed by atoms with Crippen LogP contribution in [0.2, 0.25) is 0 Å². The minimum Gasteiger partial charge on any atom is -0.507 e. The van der Waals surface area contributed by atoms with Crippen LogP contribution in [0.15, 0.2) is 69.5 Å². The normalized spacial score (nSPS) is 16.0. The van der Waals surface area contributed by atoms with Crippen molar-refractivity contribution in [2.75, 3.05) is 0 Å². The van der Waals surface area contributed by atoms with Gasteiger partial charge in [-0.3, -0.25) is 4.79 Å². The van der Waals surface area contributed by atoms with Crippen molar-refractivity contribution in [1.82, 2.24) is 5.43 Å². The average molecular weight is 402 g/mol. The highest BCUT2D eigenvalue weighted by Crippen LogP contribution is 2.35. The summed E-state index contributed by atoms with van der Waals surface area (Å²) in [6.07, 6.45) is 0.687. The van der Waals surface area contributed by atoms with E-state index in [1.807, 2.05) is 42.6 Å². The molecule has 1 aliphatic rings. The van der Waals surface area contributed by atoms with Crippen LogP contribution in [0.25, 0.3) is 11.0 Å². The number of thiophene rings is 1. The number of benzene rings is 2. The van der Waals surface area contributed by atoms with Gasteiger partial charge in [-0.1, -0.05) is 36.4 Å². The van der Waals surface area contributed by atoms with Gasteiger partial charge in [0.25, 0.3) is 0 Å². The van der Waals surface area contributed by atoms with Crippen molar-refractivity contribution in [3.8, 4) is 5.75 Å². The summed E-state index contributed by atoms with van der Waals surface area (Å²) in [6, 6.07) is 16.7. The monoisotopic (exact) mass is 402 g/mol. The van der Waals surface area contributed by atoms with Crippen molar-refractivity contribution in [2.45, 2.75) is 19.4 Å². The molecule has 5 nitrogen and oxygen atoms in total. The highest BCUT2D eigenvalue weighted by Gasteiger charge is 2.26. The maximum absolute atomic E-state index is 12.8. The number of nitrogens with one attached hydrogen (secondary N) is 1. The molecule has 0 spiro atoms. The Hall–Kier alpha value is -3.38. The number of furan rings is 1. The van der Waals surface area contributed by atoms with Gasteiger partial charge in [-0.05, 0) is 24.4 Å². The van der Waals surface area contributed by atoms with Crippen molar-refractivity contribution in [3.63, 3.8) is 0 Å². The van der Waals surface area contributed by atoms with Crippen molar-refractivity contribution >= 4 is 33.8 Å². The Labute approximate surface area is 171 Å². The molecule has 2 aromatic heterocycles. The minimum atomic E-state index is -0.169. The predicted octanol–water partition coefficient (Wildman–Crippen LogP) is 5.18. The molecular formula is C23H18N2O3S. The molecule has 144 valence electrons. The second kappa shape index (κ2) is 6.90. The Balaban J connectivity index is 1.52. The first kappa shape index (κ1) is 17.7. The van der Waals surface area contributed by atoms with E-state index in [4.69, 9.17) is 4.42 Å². The lowest BCUT2D eigenvalue weighted by atomic mass is 9.99. The van der Waals surface area contributed by atoms with Crippen molar-refractivity contribution in [3.05, 3.63) is 87.3 Å². The first-order valence-electron chi connectivity index (χ1n) is 9.33. The van der Waals surface area contributed by atoms with Crippen LogP contribution in [-0.4, -0.2) is 16.6 Å². The van der Waals surface area contributed by atoms with Crippen LogP contribution in [0, 0.1) is 6.92 Å². The second-order valence-electron chi connectivity index (χ2n) is 7.08. The summed E-state index contributed by atoms with van der Waals surface area (Å²) in [5.41, 5.74) is 6.42. The highest BCUT2D eigenvalue weighted by molar-refractivity contribution is 7.10. The van der Waals surface area contributed by atoms with Gasteiger partial charge in [0.05, 0.1) is 11.8 Å². The first-order chi connectivity index (χ1) is 14.1. The zero-order valence-electron chi connectivity index (χ0n) is 15.7. The number of hydrogen-bond acceptors (Lipinski definition) is 6. The molecule has 1 aliphatic heterocycles. The third kappa shape index (κ3) is 3.02. The van der Waals surface area contributed by atoms with Crippen LogP contribution in [0.4, 0.5) is 0 Å². The topological polar surface area (TPSA) is 74.8 Å². The number of phenolic OH excluding ortho intramolecular Hbond substituents is 1. The Bertz CT molecular complexity index is 1240. The number of hydrogen-bond donors (Lipinski definition) is 2. The summed E-state index contributed by atoms with van der Waals surface area (Å²) < 4.78 is 5.83. The molecule has 0 saturated heterocycles. The molecule has 6 heteroatoms. The number of rotatable bonds is 4. The van der Waals surface area contributed by atoms with Crippen molar-refractivity contribution < 1.29 is 14.3 Å².